The van der Waals surface area contributed by atoms with Crippen LogP contribution in [-0.4, -0.2) is 22.9 Å². The lowest BCUT2D eigenvalue weighted by Gasteiger charge is -2.09. The highest BCUT2D eigenvalue weighted by molar-refractivity contribution is 9.10. The van der Waals surface area contributed by atoms with Crippen LogP contribution in [0.4, 0.5) is 5.69 Å². The predicted molar refractivity (Wildman–Crippen MR) is 91.5 cm³/mol. The van der Waals surface area contributed by atoms with Gasteiger partial charge in [-0.1, -0.05) is 6.07 Å². The smallest absolute Gasteiger partial charge is 0.251 e. The van der Waals surface area contributed by atoms with Crippen LogP contribution < -0.4 is 16.2 Å². The minimum atomic E-state index is -0.349. The van der Waals surface area contributed by atoms with Crippen LogP contribution >= 0.6 is 15.9 Å². The van der Waals surface area contributed by atoms with E-state index in [4.69, 9.17) is 0 Å². The van der Waals surface area contributed by atoms with Gasteiger partial charge in [-0.2, -0.15) is 0 Å². The summed E-state index contributed by atoms with van der Waals surface area (Å²) in [6, 6.07) is 9.63. The lowest BCUT2D eigenvalue weighted by molar-refractivity contribution is -0.116. The van der Waals surface area contributed by atoms with Crippen LogP contribution in [0.25, 0.3) is 0 Å². The van der Waals surface area contributed by atoms with E-state index in [2.05, 4.69) is 26.6 Å². The van der Waals surface area contributed by atoms with Crippen molar-refractivity contribution in [2.75, 3.05) is 11.9 Å². The molecule has 0 bridgehead atoms. The van der Waals surface area contributed by atoms with Crippen molar-refractivity contribution in [1.29, 1.82) is 0 Å². The number of nitrogens with one attached hydrogen (secondary N) is 2. The van der Waals surface area contributed by atoms with Gasteiger partial charge < -0.3 is 15.2 Å². The maximum Gasteiger partial charge on any atom is 0.251 e. The molecule has 0 spiro atoms. The van der Waals surface area contributed by atoms with Gasteiger partial charge in [0.25, 0.3) is 11.5 Å². The van der Waals surface area contributed by atoms with Gasteiger partial charge in [0, 0.05) is 34.5 Å². The number of halogens is 1. The van der Waals surface area contributed by atoms with Gasteiger partial charge in [-0.3, -0.25) is 14.4 Å². The van der Waals surface area contributed by atoms with Gasteiger partial charge in [-0.05, 0) is 47.1 Å². The minimum Gasteiger partial charge on any atom is -0.352 e. The molecular formula is C16H16BrN3O3. The van der Waals surface area contributed by atoms with Crippen LogP contribution in [-0.2, 0) is 11.3 Å². The van der Waals surface area contributed by atoms with Gasteiger partial charge in [0.05, 0.1) is 0 Å². The first kappa shape index (κ1) is 17.0. The molecule has 0 aliphatic rings. The fourth-order valence-electron chi connectivity index (χ4n) is 1.98. The number of hydrogen-bond donors (Lipinski definition) is 2. The molecule has 7 heteroatoms. The molecule has 6 nitrogen and oxygen atoms in total. The predicted octanol–water partition coefficient (Wildman–Crippen LogP) is 2.00. The van der Waals surface area contributed by atoms with Crippen molar-refractivity contribution in [3.8, 4) is 0 Å². The SMILES string of the molecule is CCNC(=O)c1cccc(NC(=O)Cn2cc(Br)ccc2=O)c1. The van der Waals surface area contributed by atoms with E-state index < -0.39 is 0 Å². The van der Waals surface area contributed by atoms with E-state index in [0.29, 0.717) is 22.3 Å². The molecule has 1 aromatic carbocycles. The second-order valence-electron chi connectivity index (χ2n) is 4.80. The third-order valence-electron chi connectivity index (χ3n) is 3.01. The number of carbonyl (C=O) groups excluding carboxylic acids is 2. The van der Waals surface area contributed by atoms with Gasteiger partial charge in [-0.25, -0.2) is 0 Å². The van der Waals surface area contributed by atoms with Gasteiger partial charge in [-0.15, -0.1) is 0 Å². The Labute approximate surface area is 141 Å². The quantitative estimate of drug-likeness (QED) is 0.835. The highest BCUT2D eigenvalue weighted by Gasteiger charge is 2.08. The van der Waals surface area contributed by atoms with E-state index in [0.717, 1.165) is 0 Å². The monoisotopic (exact) mass is 377 g/mol. The maximum atomic E-state index is 12.1. The van der Waals surface area contributed by atoms with Crippen LogP contribution in [0, 0.1) is 0 Å². The van der Waals surface area contributed by atoms with Crippen molar-refractivity contribution < 1.29 is 9.59 Å². The Hall–Kier alpha value is -2.41. The van der Waals surface area contributed by atoms with E-state index in [1.54, 1.807) is 36.5 Å². The zero-order valence-electron chi connectivity index (χ0n) is 12.5. The average molecular weight is 378 g/mol. The summed E-state index contributed by atoms with van der Waals surface area (Å²) in [6.07, 6.45) is 1.55. The molecular weight excluding hydrogens is 362 g/mol. The molecule has 0 atom stereocenters. The lowest BCUT2D eigenvalue weighted by Crippen LogP contribution is -2.27. The molecule has 2 rings (SSSR count). The lowest BCUT2D eigenvalue weighted by atomic mass is 10.2. The van der Waals surface area contributed by atoms with Crippen LogP contribution in [0.3, 0.4) is 0 Å². The molecule has 2 aromatic rings. The molecule has 1 aromatic heterocycles. The normalized spacial score (nSPS) is 10.2. The third-order valence-corrected chi connectivity index (χ3v) is 3.48. The average Bonchev–Trinajstić information content (AvgIpc) is 2.51. The number of rotatable bonds is 5. The first-order chi connectivity index (χ1) is 11.0. The molecule has 0 aliphatic carbocycles. The van der Waals surface area contributed by atoms with Crippen LogP contribution in [0.2, 0.25) is 0 Å². The second-order valence-corrected chi connectivity index (χ2v) is 5.72. The zero-order valence-corrected chi connectivity index (χ0v) is 14.1. The molecule has 0 aliphatic heterocycles. The number of aromatic nitrogens is 1. The van der Waals surface area contributed by atoms with Crippen molar-refractivity contribution >= 4 is 33.4 Å². The number of anilines is 1. The molecule has 0 fully saturated rings. The van der Waals surface area contributed by atoms with Crippen molar-refractivity contribution in [3.63, 3.8) is 0 Å². The summed E-state index contributed by atoms with van der Waals surface area (Å²) in [5.74, 6) is -0.551. The Morgan fingerprint density at radius 1 is 1.22 bits per heavy atom. The summed E-state index contributed by atoms with van der Waals surface area (Å²) in [6.45, 7) is 2.25. The first-order valence-corrected chi connectivity index (χ1v) is 7.83. The zero-order chi connectivity index (χ0) is 16.8. The summed E-state index contributed by atoms with van der Waals surface area (Å²) < 4.78 is 2.01. The van der Waals surface area contributed by atoms with Gasteiger partial charge >= 0.3 is 0 Å². The van der Waals surface area contributed by atoms with E-state index in [1.165, 1.54) is 10.6 Å². The summed E-state index contributed by atoms with van der Waals surface area (Å²) in [7, 11) is 0. The number of carbonyl (C=O) groups is 2. The Kier molecular flexibility index (Phi) is 5.70. The number of pyridine rings is 1. The molecule has 120 valence electrons. The van der Waals surface area contributed by atoms with Gasteiger partial charge in [0.1, 0.15) is 6.54 Å². The van der Waals surface area contributed by atoms with Crippen LogP contribution in [0.1, 0.15) is 17.3 Å². The Morgan fingerprint density at radius 2 is 2.00 bits per heavy atom. The fourth-order valence-corrected chi connectivity index (χ4v) is 2.36. The minimum absolute atomic E-state index is 0.107. The highest BCUT2D eigenvalue weighted by atomic mass is 79.9. The van der Waals surface area contributed by atoms with Crippen molar-refractivity contribution in [3.05, 3.63) is 63.0 Å². The Morgan fingerprint density at radius 3 is 2.74 bits per heavy atom. The molecule has 23 heavy (non-hydrogen) atoms. The number of benzene rings is 1. The van der Waals surface area contributed by atoms with Gasteiger partial charge in [0.15, 0.2) is 0 Å². The first-order valence-electron chi connectivity index (χ1n) is 7.03. The Balaban J connectivity index is 2.08. The summed E-state index contributed by atoms with van der Waals surface area (Å²) in [5.41, 5.74) is 0.700. The summed E-state index contributed by atoms with van der Waals surface area (Å²) in [5, 5.41) is 5.37. The number of amides is 2. The molecule has 0 unspecified atom stereocenters. The van der Waals surface area contributed by atoms with E-state index >= 15 is 0 Å². The standard InChI is InChI=1S/C16H16BrN3O3/c1-2-18-16(23)11-4-3-5-13(8-11)19-14(21)10-20-9-12(17)6-7-15(20)22/h3-9H,2,10H2,1H3,(H,18,23)(H,19,21). The number of nitrogens with zero attached hydrogens (tertiary/aromatic N) is 1. The van der Waals surface area contributed by atoms with Gasteiger partial charge in [0.2, 0.25) is 5.91 Å². The van der Waals surface area contributed by atoms with Crippen molar-refractivity contribution in [2.45, 2.75) is 13.5 Å². The van der Waals surface area contributed by atoms with E-state index in [9.17, 15) is 14.4 Å². The second kappa shape index (κ2) is 7.73. The van der Waals surface area contributed by atoms with E-state index in [-0.39, 0.29) is 23.9 Å². The Bertz CT molecular complexity index is 786. The van der Waals surface area contributed by atoms with E-state index in [1.807, 2.05) is 6.92 Å². The molecule has 0 saturated heterocycles. The molecule has 0 radical (unpaired) electrons. The van der Waals surface area contributed by atoms with Crippen LogP contribution in [0.15, 0.2) is 51.9 Å². The van der Waals surface area contributed by atoms with Crippen molar-refractivity contribution in [1.82, 2.24) is 9.88 Å². The fraction of sp³-hybridized carbons (Fsp3) is 0.188. The molecule has 2 N–H and O–H groups in total. The summed E-state index contributed by atoms with van der Waals surface area (Å²) >= 11 is 3.26. The largest absolute Gasteiger partial charge is 0.352 e. The topological polar surface area (TPSA) is 80.2 Å². The number of hydrogen-bond acceptors (Lipinski definition) is 3. The maximum absolute atomic E-state index is 12.1. The summed E-state index contributed by atoms with van der Waals surface area (Å²) in [4.78, 5) is 35.5. The molecule has 0 saturated carbocycles. The van der Waals surface area contributed by atoms with Crippen molar-refractivity contribution in [2.24, 2.45) is 0 Å². The molecule has 2 amide bonds. The molecule has 1 heterocycles. The third kappa shape index (κ3) is 4.79. The van der Waals surface area contributed by atoms with Crippen LogP contribution in [0.5, 0.6) is 0 Å². The highest BCUT2D eigenvalue weighted by Crippen LogP contribution is 2.11.